The smallest absolute Gasteiger partial charge is 0.305 e. The number of benzene rings is 1. The molecule has 0 aromatic heterocycles. The number of esters is 1. The topological polar surface area (TPSA) is 98.5 Å². The molecule has 0 saturated carbocycles. The number of ether oxygens (including phenoxy) is 1. The standard InChI is InChI=1S/C14H17FN2O4/c1-21-13(19)6-5-11(14(16)20)17-12(18)8-9-3-2-4-10(15)7-9/h2-4,7,11H,5-6,8H2,1H3,(H2,16,20)(H,17,18)/t11-/m0/s1. The molecule has 0 radical (unpaired) electrons. The van der Waals surface area contributed by atoms with Gasteiger partial charge in [0.15, 0.2) is 0 Å². The minimum atomic E-state index is -0.967. The molecule has 1 atom stereocenters. The van der Waals surface area contributed by atoms with Crippen LogP contribution in [0.3, 0.4) is 0 Å². The monoisotopic (exact) mass is 296 g/mol. The average Bonchev–Trinajstić information content (AvgIpc) is 2.42. The van der Waals surface area contributed by atoms with Crippen molar-refractivity contribution in [3.63, 3.8) is 0 Å². The van der Waals surface area contributed by atoms with Gasteiger partial charge in [-0.1, -0.05) is 12.1 Å². The van der Waals surface area contributed by atoms with Crippen LogP contribution in [0.5, 0.6) is 0 Å². The van der Waals surface area contributed by atoms with Crippen molar-refractivity contribution in [1.82, 2.24) is 5.32 Å². The van der Waals surface area contributed by atoms with Crippen LogP contribution in [0, 0.1) is 5.82 Å². The van der Waals surface area contributed by atoms with E-state index in [1.807, 2.05) is 0 Å². The maximum Gasteiger partial charge on any atom is 0.305 e. The second-order valence-electron chi connectivity index (χ2n) is 4.44. The summed E-state index contributed by atoms with van der Waals surface area (Å²) in [6, 6.07) is 4.61. The Morgan fingerprint density at radius 3 is 2.67 bits per heavy atom. The fourth-order valence-corrected chi connectivity index (χ4v) is 1.73. The van der Waals surface area contributed by atoms with Crippen LogP contribution in [0.15, 0.2) is 24.3 Å². The third kappa shape index (κ3) is 6.03. The fraction of sp³-hybridized carbons (Fsp3) is 0.357. The van der Waals surface area contributed by atoms with Crippen molar-refractivity contribution in [3.8, 4) is 0 Å². The van der Waals surface area contributed by atoms with Gasteiger partial charge in [0.2, 0.25) is 11.8 Å². The molecule has 0 aliphatic carbocycles. The van der Waals surface area contributed by atoms with E-state index in [1.165, 1.54) is 25.3 Å². The molecule has 0 unspecified atom stereocenters. The molecular weight excluding hydrogens is 279 g/mol. The SMILES string of the molecule is COC(=O)CC[C@H](NC(=O)Cc1cccc(F)c1)C(N)=O. The maximum absolute atomic E-state index is 13.0. The van der Waals surface area contributed by atoms with Crippen molar-refractivity contribution < 1.29 is 23.5 Å². The van der Waals surface area contributed by atoms with Gasteiger partial charge in [-0.3, -0.25) is 14.4 Å². The lowest BCUT2D eigenvalue weighted by Gasteiger charge is -2.14. The molecule has 3 N–H and O–H groups in total. The number of hydrogen-bond donors (Lipinski definition) is 2. The summed E-state index contributed by atoms with van der Waals surface area (Å²) in [6.45, 7) is 0. The summed E-state index contributed by atoms with van der Waals surface area (Å²) >= 11 is 0. The number of carbonyl (C=O) groups excluding carboxylic acids is 3. The Hall–Kier alpha value is -2.44. The van der Waals surface area contributed by atoms with Crippen molar-refractivity contribution in [2.24, 2.45) is 5.73 Å². The normalized spacial score (nSPS) is 11.5. The molecule has 1 aromatic rings. The summed E-state index contributed by atoms with van der Waals surface area (Å²) in [5, 5.41) is 2.42. The molecule has 0 bridgehead atoms. The predicted octanol–water partition coefficient (Wildman–Crippen LogP) is 0.291. The quantitative estimate of drug-likeness (QED) is 0.707. The Labute approximate surface area is 121 Å². The molecule has 0 fully saturated rings. The second-order valence-corrected chi connectivity index (χ2v) is 4.44. The van der Waals surface area contributed by atoms with Gasteiger partial charge in [0, 0.05) is 6.42 Å². The minimum Gasteiger partial charge on any atom is -0.469 e. The van der Waals surface area contributed by atoms with E-state index in [0.717, 1.165) is 0 Å². The molecule has 0 saturated heterocycles. The Balaban J connectivity index is 2.56. The third-order valence-corrected chi connectivity index (χ3v) is 2.80. The summed E-state index contributed by atoms with van der Waals surface area (Å²) in [4.78, 5) is 34.1. The molecule has 2 amide bonds. The molecule has 1 aromatic carbocycles. The van der Waals surface area contributed by atoms with E-state index in [9.17, 15) is 18.8 Å². The number of amides is 2. The van der Waals surface area contributed by atoms with Crippen molar-refractivity contribution >= 4 is 17.8 Å². The number of primary amides is 1. The Bertz CT molecular complexity index is 533. The van der Waals surface area contributed by atoms with Gasteiger partial charge in [-0.05, 0) is 24.1 Å². The lowest BCUT2D eigenvalue weighted by molar-refractivity contribution is -0.141. The van der Waals surface area contributed by atoms with Gasteiger partial charge in [0.1, 0.15) is 11.9 Å². The molecule has 114 valence electrons. The van der Waals surface area contributed by atoms with Crippen LogP contribution in [0.4, 0.5) is 4.39 Å². The number of nitrogens with one attached hydrogen (secondary N) is 1. The zero-order valence-electron chi connectivity index (χ0n) is 11.6. The predicted molar refractivity (Wildman–Crippen MR) is 72.5 cm³/mol. The molecule has 6 nitrogen and oxygen atoms in total. The maximum atomic E-state index is 13.0. The number of rotatable bonds is 7. The summed E-state index contributed by atoms with van der Waals surface area (Å²) in [6.07, 6.45) is -0.0684. The zero-order valence-corrected chi connectivity index (χ0v) is 11.6. The first-order valence-electron chi connectivity index (χ1n) is 6.32. The molecule has 0 heterocycles. The molecule has 7 heteroatoms. The molecule has 1 rings (SSSR count). The number of methoxy groups -OCH3 is 1. The van der Waals surface area contributed by atoms with Crippen LogP contribution in [0.1, 0.15) is 18.4 Å². The third-order valence-electron chi connectivity index (χ3n) is 2.80. The van der Waals surface area contributed by atoms with Crippen LogP contribution in [0.2, 0.25) is 0 Å². The summed E-state index contributed by atoms with van der Waals surface area (Å²) in [5.74, 6) is -2.17. The van der Waals surface area contributed by atoms with E-state index in [2.05, 4.69) is 10.1 Å². The molecular formula is C14H17FN2O4. The molecule has 0 spiro atoms. The lowest BCUT2D eigenvalue weighted by atomic mass is 10.1. The second kappa shape index (κ2) is 7.98. The minimum absolute atomic E-state index is 0.0373. The number of carbonyl (C=O) groups is 3. The fourth-order valence-electron chi connectivity index (χ4n) is 1.73. The van der Waals surface area contributed by atoms with E-state index >= 15 is 0 Å². The van der Waals surface area contributed by atoms with Gasteiger partial charge in [-0.2, -0.15) is 0 Å². The largest absolute Gasteiger partial charge is 0.469 e. The first kappa shape index (κ1) is 16.6. The Kier molecular flexibility index (Phi) is 6.32. The van der Waals surface area contributed by atoms with Gasteiger partial charge in [-0.15, -0.1) is 0 Å². The summed E-state index contributed by atoms with van der Waals surface area (Å²) in [5.41, 5.74) is 5.64. The van der Waals surface area contributed by atoms with Gasteiger partial charge >= 0.3 is 5.97 Å². The number of halogens is 1. The van der Waals surface area contributed by atoms with E-state index in [0.29, 0.717) is 5.56 Å². The highest BCUT2D eigenvalue weighted by atomic mass is 19.1. The highest BCUT2D eigenvalue weighted by molar-refractivity contribution is 5.87. The lowest BCUT2D eigenvalue weighted by Crippen LogP contribution is -2.45. The highest BCUT2D eigenvalue weighted by Crippen LogP contribution is 2.05. The van der Waals surface area contributed by atoms with Crippen molar-refractivity contribution in [3.05, 3.63) is 35.6 Å². The van der Waals surface area contributed by atoms with E-state index in [4.69, 9.17) is 5.73 Å². The van der Waals surface area contributed by atoms with E-state index < -0.39 is 29.6 Å². The van der Waals surface area contributed by atoms with Crippen molar-refractivity contribution in [1.29, 1.82) is 0 Å². The zero-order chi connectivity index (χ0) is 15.8. The number of hydrogen-bond acceptors (Lipinski definition) is 4. The van der Waals surface area contributed by atoms with E-state index in [-0.39, 0.29) is 19.3 Å². The van der Waals surface area contributed by atoms with Crippen LogP contribution < -0.4 is 11.1 Å². The number of nitrogens with two attached hydrogens (primary N) is 1. The first-order chi connectivity index (χ1) is 9.92. The highest BCUT2D eigenvalue weighted by Gasteiger charge is 2.19. The Morgan fingerprint density at radius 2 is 2.10 bits per heavy atom. The van der Waals surface area contributed by atoms with Crippen molar-refractivity contribution in [2.75, 3.05) is 7.11 Å². The average molecular weight is 296 g/mol. The summed E-state index contributed by atoms with van der Waals surface area (Å²) < 4.78 is 17.4. The van der Waals surface area contributed by atoms with Gasteiger partial charge in [0.25, 0.3) is 0 Å². The Morgan fingerprint density at radius 1 is 1.38 bits per heavy atom. The van der Waals surface area contributed by atoms with Crippen molar-refractivity contribution in [2.45, 2.75) is 25.3 Å². The first-order valence-corrected chi connectivity index (χ1v) is 6.32. The van der Waals surface area contributed by atoms with Crippen LogP contribution >= 0.6 is 0 Å². The molecule has 21 heavy (non-hydrogen) atoms. The summed E-state index contributed by atoms with van der Waals surface area (Å²) in [7, 11) is 1.23. The van der Waals surface area contributed by atoms with Crippen LogP contribution in [-0.2, 0) is 25.5 Å². The van der Waals surface area contributed by atoms with Gasteiger partial charge < -0.3 is 15.8 Å². The van der Waals surface area contributed by atoms with E-state index in [1.54, 1.807) is 6.07 Å². The van der Waals surface area contributed by atoms with Crippen LogP contribution in [0.25, 0.3) is 0 Å². The molecule has 0 aliphatic rings. The van der Waals surface area contributed by atoms with Gasteiger partial charge in [0.05, 0.1) is 13.5 Å². The van der Waals surface area contributed by atoms with Crippen LogP contribution in [-0.4, -0.2) is 30.9 Å². The molecule has 0 aliphatic heterocycles. The van der Waals surface area contributed by atoms with Gasteiger partial charge in [-0.25, -0.2) is 4.39 Å².